The minimum absolute atomic E-state index is 0.0874. The van der Waals surface area contributed by atoms with Crippen molar-refractivity contribution in [2.24, 2.45) is 0 Å². The molecule has 5 nitrogen and oxygen atoms in total. The first kappa shape index (κ1) is 14.5. The van der Waals surface area contributed by atoms with Crippen LogP contribution in [0.2, 0.25) is 0 Å². The molecule has 0 radical (unpaired) electrons. The summed E-state index contributed by atoms with van der Waals surface area (Å²) in [5.74, 6) is -1.21. The van der Waals surface area contributed by atoms with Crippen LogP contribution in [-0.4, -0.2) is 26.6 Å². The number of methoxy groups -OCH3 is 1. The van der Waals surface area contributed by atoms with Crippen molar-refractivity contribution in [2.75, 3.05) is 7.11 Å². The number of sulfone groups is 1. The van der Waals surface area contributed by atoms with Gasteiger partial charge in [-0.15, -0.1) is 11.3 Å². The summed E-state index contributed by atoms with van der Waals surface area (Å²) in [6.45, 7) is 0. The van der Waals surface area contributed by atoms with E-state index in [1.807, 2.05) is 0 Å². The van der Waals surface area contributed by atoms with Crippen LogP contribution in [0, 0.1) is 0 Å². The molecule has 20 heavy (non-hydrogen) atoms. The third-order valence-electron chi connectivity index (χ3n) is 2.66. The zero-order valence-electron chi connectivity index (χ0n) is 10.6. The van der Waals surface area contributed by atoms with Gasteiger partial charge in [-0.3, -0.25) is 0 Å². The molecular weight excluding hydrogens is 300 g/mol. The Morgan fingerprint density at radius 2 is 2.10 bits per heavy atom. The van der Waals surface area contributed by atoms with E-state index in [1.165, 1.54) is 30.6 Å². The molecule has 0 atom stereocenters. The van der Waals surface area contributed by atoms with Crippen molar-refractivity contribution >= 4 is 27.1 Å². The molecule has 1 N–H and O–H groups in total. The molecule has 2 aromatic rings. The van der Waals surface area contributed by atoms with E-state index in [0.717, 1.165) is 6.07 Å². The summed E-state index contributed by atoms with van der Waals surface area (Å²) in [5.41, 5.74) is -0.0874. The number of thiophene rings is 1. The number of benzene rings is 1. The first-order chi connectivity index (χ1) is 9.44. The summed E-state index contributed by atoms with van der Waals surface area (Å²) in [5, 5.41) is 10.7. The Labute approximate surface area is 120 Å². The van der Waals surface area contributed by atoms with E-state index in [9.17, 15) is 13.2 Å². The van der Waals surface area contributed by atoms with Crippen LogP contribution in [0.4, 0.5) is 0 Å². The van der Waals surface area contributed by atoms with Gasteiger partial charge in [-0.2, -0.15) is 0 Å². The fourth-order valence-corrected chi connectivity index (χ4v) is 4.33. The lowest BCUT2D eigenvalue weighted by Gasteiger charge is -2.09. The maximum absolute atomic E-state index is 12.4. The lowest BCUT2D eigenvalue weighted by atomic mass is 10.2. The molecule has 0 aliphatic carbocycles. The van der Waals surface area contributed by atoms with Crippen LogP contribution in [0.1, 0.15) is 15.2 Å². The fraction of sp³-hybridized carbons (Fsp3) is 0.154. The monoisotopic (exact) mass is 312 g/mol. The molecule has 7 heteroatoms. The molecule has 0 amide bonds. The van der Waals surface area contributed by atoms with Gasteiger partial charge in [-0.1, -0.05) is 6.07 Å². The number of carboxylic acids is 1. The van der Waals surface area contributed by atoms with Crippen LogP contribution in [0.15, 0.2) is 40.6 Å². The molecule has 0 fully saturated rings. The predicted octanol–water partition coefficient (Wildman–Crippen LogP) is 2.43. The summed E-state index contributed by atoms with van der Waals surface area (Å²) >= 11 is 1.33. The number of hydrogen-bond acceptors (Lipinski definition) is 5. The largest absolute Gasteiger partial charge is 0.495 e. The number of rotatable bonds is 5. The van der Waals surface area contributed by atoms with Crippen LogP contribution in [0.5, 0.6) is 5.75 Å². The molecule has 1 aromatic carbocycles. The number of ether oxygens (including phenoxy) is 1. The standard InChI is InChI=1S/C13H12O5S2/c1-18-11-5-4-9(13(14)15)7-12(11)20(16,17)8-10-3-2-6-19-10/h2-7H,8H2,1H3,(H,14,15). The second kappa shape index (κ2) is 5.64. The zero-order valence-corrected chi connectivity index (χ0v) is 12.2. The van der Waals surface area contributed by atoms with E-state index in [1.54, 1.807) is 17.5 Å². The van der Waals surface area contributed by atoms with Gasteiger partial charge in [0.15, 0.2) is 9.84 Å². The first-order valence-corrected chi connectivity index (χ1v) is 8.13. The summed E-state index contributed by atoms with van der Waals surface area (Å²) in [4.78, 5) is 11.5. The van der Waals surface area contributed by atoms with Crippen molar-refractivity contribution < 1.29 is 23.1 Å². The van der Waals surface area contributed by atoms with E-state index in [4.69, 9.17) is 9.84 Å². The Morgan fingerprint density at radius 1 is 1.35 bits per heavy atom. The Hall–Kier alpha value is -1.86. The van der Waals surface area contributed by atoms with Crippen molar-refractivity contribution in [2.45, 2.75) is 10.6 Å². The van der Waals surface area contributed by atoms with E-state index in [2.05, 4.69) is 0 Å². The molecule has 0 unspecified atom stereocenters. The predicted molar refractivity (Wildman–Crippen MR) is 75.2 cm³/mol. The van der Waals surface area contributed by atoms with Gasteiger partial charge in [0.05, 0.1) is 18.4 Å². The maximum Gasteiger partial charge on any atom is 0.335 e. The van der Waals surface area contributed by atoms with Crippen LogP contribution in [-0.2, 0) is 15.6 Å². The lowest BCUT2D eigenvalue weighted by molar-refractivity contribution is 0.0696. The average Bonchev–Trinajstić information content (AvgIpc) is 2.90. The van der Waals surface area contributed by atoms with Gasteiger partial charge < -0.3 is 9.84 Å². The molecule has 2 rings (SSSR count). The van der Waals surface area contributed by atoms with E-state index < -0.39 is 15.8 Å². The van der Waals surface area contributed by atoms with Crippen LogP contribution in [0.3, 0.4) is 0 Å². The van der Waals surface area contributed by atoms with E-state index in [0.29, 0.717) is 4.88 Å². The summed E-state index contributed by atoms with van der Waals surface area (Å²) in [6.07, 6.45) is 0. The molecule has 0 aliphatic rings. The highest BCUT2D eigenvalue weighted by Gasteiger charge is 2.22. The average molecular weight is 312 g/mol. The van der Waals surface area contributed by atoms with E-state index in [-0.39, 0.29) is 22.0 Å². The highest BCUT2D eigenvalue weighted by atomic mass is 32.2. The van der Waals surface area contributed by atoms with Gasteiger partial charge in [0.1, 0.15) is 10.6 Å². The second-order valence-electron chi connectivity index (χ2n) is 4.01. The number of hydrogen-bond donors (Lipinski definition) is 1. The van der Waals surface area contributed by atoms with Crippen LogP contribution in [0.25, 0.3) is 0 Å². The molecule has 0 saturated heterocycles. The molecule has 106 valence electrons. The topological polar surface area (TPSA) is 80.7 Å². The number of aromatic carboxylic acids is 1. The quantitative estimate of drug-likeness (QED) is 0.917. The molecule has 1 heterocycles. The summed E-state index contributed by atoms with van der Waals surface area (Å²) < 4.78 is 29.8. The van der Waals surface area contributed by atoms with E-state index >= 15 is 0 Å². The Balaban J connectivity index is 2.48. The Bertz CT molecular complexity index is 717. The molecule has 0 bridgehead atoms. The van der Waals surface area contributed by atoms with Crippen molar-refractivity contribution in [3.63, 3.8) is 0 Å². The smallest absolute Gasteiger partial charge is 0.335 e. The Morgan fingerprint density at radius 3 is 2.65 bits per heavy atom. The van der Waals surface area contributed by atoms with Gasteiger partial charge in [0.25, 0.3) is 0 Å². The minimum atomic E-state index is -3.66. The molecule has 0 aliphatic heterocycles. The SMILES string of the molecule is COc1ccc(C(=O)O)cc1S(=O)(=O)Cc1cccs1. The lowest BCUT2D eigenvalue weighted by Crippen LogP contribution is -2.08. The third kappa shape index (κ3) is 3.00. The highest BCUT2D eigenvalue weighted by molar-refractivity contribution is 7.90. The molecule has 0 spiro atoms. The highest BCUT2D eigenvalue weighted by Crippen LogP contribution is 2.28. The van der Waals surface area contributed by atoms with Crippen molar-refractivity contribution in [1.29, 1.82) is 0 Å². The number of carboxylic acid groups (broad SMARTS) is 1. The normalized spacial score (nSPS) is 11.2. The van der Waals surface area contributed by atoms with Crippen molar-refractivity contribution in [1.82, 2.24) is 0 Å². The summed E-state index contributed by atoms with van der Waals surface area (Å²) in [6, 6.07) is 7.27. The third-order valence-corrected chi connectivity index (χ3v) is 5.40. The van der Waals surface area contributed by atoms with Crippen molar-refractivity contribution in [3.05, 3.63) is 46.2 Å². The zero-order chi connectivity index (χ0) is 14.8. The second-order valence-corrected chi connectivity index (χ2v) is 7.00. The van der Waals surface area contributed by atoms with Gasteiger partial charge in [0, 0.05) is 4.88 Å². The van der Waals surface area contributed by atoms with Crippen LogP contribution >= 0.6 is 11.3 Å². The minimum Gasteiger partial charge on any atom is -0.495 e. The maximum atomic E-state index is 12.4. The molecule has 0 saturated carbocycles. The Kier molecular flexibility index (Phi) is 4.10. The first-order valence-electron chi connectivity index (χ1n) is 5.60. The van der Waals surface area contributed by atoms with Crippen molar-refractivity contribution in [3.8, 4) is 5.75 Å². The van der Waals surface area contributed by atoms with Gasteiger partial charge in [-0.25, -0.2) is 13.2 Å². The molecule has 1 aromatic heterocycles. The fourth-order valence-electron chi connectivity index (χ4n) is 1.71. The molecular formula is C13H12O5S2. The number of carbonyl (C=O) groups is 1. The van der Waals surface area contributed by atoms with Gasteiger partial charge >= 0.3 is 5.97 Å². The summed E-state index contributed by atoms with van der Waals surface area (Å²) in [7, 11) is -2.31. The van der Waals surface area contributed by atoms with Gasteiger partial charge in [-0.05, 0) is 29.6 Å². The van der Waals surface area contributed by atoms with Crippen LogP contribution < -0.4 is 4.74 Å². The van der Waals surface area contributed by atoms with Gasteiger partial charge in [0.2, 0.25) is 0 Å².